The van der Waals surface area contributed by atoms with Crippen LogP contribution in [0.15, 0.2) is 22.7 Å². The minimum atomic E-state index is -0.0996. The Morgan fingerprint density at radius 1 is 1.50 bits per heavy atom. The first-order valence-corrected chi connectivity index (χ1v) is 7.43. The van der Waals surface area contributed by atoms with E-state index >= 15 is 0 Å². The number of benzene rings is 1. The van der Waals surface area contributed by atoms with Gasteiger partial charge < -0.3 is 9.47 Å². The predicted octanol–water partition coefficient (Wildman–Crippen LogP) is 2.75. The molecule has 0 spiro atoms. The average Bonchev–Trinajstić information content (AvgIpc) is 2.41. The second-order valence-electron chi connectivity index (χ2n) is 5.56. The molecule has 1 heterocycles. The third kappa shape index (κ3) is 3.40. The van der Waals surface area contributed by atoms with Crippen molar-refractivity contribution in [2.45, 2.75) is 19.4 Å². The molecule has 1 aromatic carbocycles. The smallest absolute Gasteiger partial charge is 0.176 e. The molecule has 20 heavy (non-hydrogen) atoms. The summed E-state index contributed by atoms with van der Waals surface area (Å²) in [6.07, 6.45) is 0. The Labute approximate surface area is 128 Å². The van der Waals surface area contributed by atoms with Crippen LogP contribution in [0.3, 0.4) is 0 Å². The molecular weight excluding hydrogens is 322 g/mol. The number of rotatable bonds is 4. The Morgan fingerprint density at radius 2 is 2.25 bits per heavy atom. The van der Waals surface area contributed by atoms with Crippen molar-refractivity contribution in [1.29, 1.82) is 0 Å². The van der Waals surface area contributed by atoms with Gasteiger partial charge in [0.2, 0.25) is 0 Å². The van der Waals surface area contributed by atoms with Gasteiger partial charge >= 0.3 is 0 Å². The van der Waals surface area contributed by atoms with Crippen molar-refractivity contribution in [2.24, 2.45) is 0 Å². The van der Waals surface area contributed by atoms with Gasteiger partial charge in [0.05, 0.1) is 31.3 Å². The predicted molar refractivity (Wildman–Crippen MR) is 81.5 cm³/mol. The summed E-state index contributed by atoms with van der Waals surface area (Å²) in [7, 11) is 1.61. The minimum Gasteiger partial charge on any atom is -0.496 e. The van der Waals surface area contributed by atoms with E-state index in [1.807, 2.05) is 12.1 Å². The van der Waals surface area contributed by atoms with Gasteiger partial charge in [0, 0.05) is 17.6 Å². The van der Waals surface area contributed by atoms with Crippen LogP contribution in [0.5, 0.6) is 5.75 Å². The van der Waals surface area contributed by atoms with Gasteiger partial charge in [-0.2, -0.15) is 0 Å². The van der Waals surface area contributed by atoms with Gasteiger partial charge in [-0.15, -0.1) is 0 Å². The third-order valence-electron chi connectivity index (χ3n) is 3.63. The highest BCUT2D eigenvalue weighted by Crippen LogP contribution is 2.26. The Morgan fingerprint density at radius 3 is 2.85 bits per heavy atom. The number of hydrogen-bond donors (Lipinski definition) is 0. The van der Waals surface area contributed by atoms with E-state index in [-0.39, 0.29) is 11.3 Å². The fourth-order valence-electron chi connectivity index (χ4n) is 2.29. The number of halogens is 1. The van der Waals surface area contributed by atoms with E-state index in [0.717, 1.165) is 16.8 Å². The molecule has 0 saturated carbocycles. The van der Waals surface area contributed by atoms with Crippen LogP contribution in [0.4, 0.5) is 0 Å². The first-order valence-electron chi connectivity index (χ1n) is 6.63. The molecule has 1 aliphatic heterocycles. The van der Waals surface area contributed by atoms with Gasteiger partial charge in [-0.1, -0.05) is 0 Å². The Bertz CT molecular complexity index is 502. The second kappa shape index (κ2) is 6.24. The molecule has 1 aromatic rings. The number of hydrogen-bond acceptors (Lipinski definition) is 4. The van der Waals surface area contributed by atoms with E-state index in [1.54, 1.807) is 13.2 Å². The zero-order chi connectivity index (χ0) is 14.8. The van der Waals surface area contributed by atoms with Gasteiger partial charge in [0.1, 0.15) is 5.75 Å². The maximum atomic E-state index is 12.4. The summed E-state index contributed by atoms with van der Waals surface area (Å²) in [5.74, 6) is 0.844. The quantitative estimate of drug-likeness (QED) is 0.789. The molecular formula is C15H20BrNO3. The molecule has 0 atom stereocenters. The lowest BCUT2D eigenvalue weighted by Gasteiger charge is -2.41. The number of nitrogens with zero attached hydrogens (tertiary/aromatic N) is 1. The van der Waals surface area contributed by atoms with Crippen LogP contribution in [0.2, 0.25) is 0 Å². The van der Waals surface area contributed by atoms with E-state index in [4.69, 9.17) is 9.47 Å². The lowest BCUT2D eigenvalue weighted by atomic mass is 10.0. The highest BCUT2D eigenvalue weighted by Gasteiger charge is 2.31. The maximum Gasteiger partial charge on any atom is 0.176 e. The number of Topliss-reactive ketones (excluding diaryl/α,β-unsaturated/α-hetero) is 1. The SMILES string of the molecule is COc1ccc(C(=O)CN2CCOCC2(C)C)cc1Br. The number of carbonyl (C=O) groups excluding carboxylic acids is 1. The molecule has 2 rings (SSSR count). The van der Waals surface area contributed by atoms with Crippen LogP contribution in [0, 0.1) is 0 Å². The first kappa shape index (κ1) is 15.5. The van der Waals surface area contributed by atoms with Crippen LogP contribution in [0.1, 0.15) is 24.2 Å². The van der Waals surface area contributed by atoms with Crippen molar-refractivity contribution in [3.05, 3.63) is 28.2 Å². The van der Waals surface area contributed by atoms with Crippen molar-refractivity contribution < 1.29 is 14.3 Å². The summed E-state index contributed by atoms with van der Waals surface area (Å²) < 4.78 is 11.5. The van der Waals surface area contributed by atoms with Crippen LogP contribution >= 0.6 is 15.9 Å². The Kier molecular flexibility index (Phi) is 4.83. The molecule has 1 aliphatic rings. The van der Waals surface area contributed by atoms with Gasteiger partial charge in [-0.3, -0.25) is 9.69 Å². The van der Waals surface area contributed by atoms with E-state index in [2.05, 4.69) is 34.7 Å². The van der Waals surface area contributed by atoms with Crippen molar-refractivity contribution in [2.75, 3.05) is 33.4 Å². The van der Waals surface area contributed by atoms with Gasteiger partial charge in [-0.05, 0) is 48.0 Å². The molecule has 0 bridgehead atoms. The zero-order valence-electron chi connectivity index (χ0n) is 12.1. The minimum absolute atomic E-state index is 0.0996. The highest BCUT2D eigenvalue weighted by atomic mass is 79.9. The summed E-state index contributed by atoms with van der Waals surface area (Å²) in [5, 5.41) is 0. The Balaban J connectivity index is 2.10. The molecule has 1 saturated heterocycles. The van der Waals surface area contributed by atoms with Crippen LogP contribution in [-0.2, 0) is 4.74 Å². The molecule has 1 fully saturated rings. The fourth-order valence-corrected chi connectivity index (χ4v) is 2.83. The van der Waals surface area contributed by atoms with Crippen LogP contribution in [0.25, 0.3) is 0 Å². The second-order valence-corrected chi connectivity index (χ2v) is 6.41. The van der Waals surface area contributed by atoms with Crippen molar-refractivity contribution >= 4 is 21.7 Å². The average molecular weight is 342 g/mol. The van der Waals surface area contributed by atoms with E-state index in [1.165, 1.54) is 0 Å². The molecule has 0 aliphatic carbocycles. The van der Waals surface area contributed by atoms with Crippen molar-refractivity contribution in [3.63, 3.8) is 0 Å². The largest absolute Gasteiger partial charge is 0.496 e. The fraction of sp³-hybridized carbons (Fsp3) is 0.533. The van der Waals surface area contributed by atoms with E-state index < -0.39 is 0 Å². The summed E-state index contributed by atoms with van der Waals surface area (Å²) in [5.41, 5.74) is 0.595. The van der Waals surface area contributed by atoms with Gasteiger partial charge in [0.25, 0.3) is 0 Å². The van der Waals surface area contributed by atoms with Gasteiger partial charge in [-0.25, -0.2) is 0 Å². The maximum absolute atomic E-state index is 12.4. The molecule has 110 valence electrons. The monoisotopic (exact) mass is 341 g/mol. The van der Waals surface area contributed by atoms with Crippen molar-refractivity contribution in [1.82, 2.24) is 4.90 Å². The van der Waals surface area contributed by atoms with Gasteiger partial charge in [0.15, 0.2) is 5.78 Å². The van der Waals surface area contributed by atoms with Crippen LogP contribution < -0.4 is 4.74 Å². The Hall–Kier alpha value is -0.910. The molecule has 0 radical (unpaired) electrons. The highest BCUT2D eigenvalue weighted by molar-refractivity contribution is 9.10. The standard InChI is InChI=1S/C15H20BrNO3/c1-15(2)10-20-7-6-17(15)9-13(18)11-4-5-14(19-3)12(16)8-11/h4-5,8H,6-7,9-10H2,1-3H3. The third-order valence-corrected chi connectivity index (χ3v) is 4.24. The van der Waals surface area contributed by atoms with E-state index in [0.29, 0.717) is 25.3 Å². The summed E-state index contributed by atoms with van der Waals surface area (Å²) in [4.78, 5) is 14.6. The number of ketones is 1. The first-order chi connectivity index (χ1) is 9.44. The summed E-state index contributed by atoms with van der Waals surface area (Å²) >= 11 is 3.41. The van der Waals surface area contributed by atoms with Crippen molar-refractivity contribution in [3.8, 4) is 5.75 Å². The molecule has 5 heteroatoms. The number of ether oxygens (including phenoxy) is 2. The summed E-state index contributed by atoms with van der Waals surface area (Å²) in [6.45, 7) is 6.74. The van der Waals surface area contributed by atoms with Crippen LogP contribution in [-0.4, -0.2) is 49.6 Å². The normalized spacial score (nSPS) is 18.8. The molecule has 4 nitrogen and oxygen atoms in total. The molecule has 0 aromatic heterocycles. The molecule has 0 amide bonds. The zero-order valence-corrected chi connectivity index (χ0v) is 13.7. The summed E-state index contributed by atoms with van der Waals surface area (Å²) in [6, 6.07) is 5.43. The van der Waals surface area contributed by atoms with E-state index in [9.17, 15) is 4.79 Å². The topological polar surface area (TPSA) is 38.8 Å². The lowest BCUT2D eigenvalue weighted by Crippen LogP contribution is -2.54. The number of morpholine rings is 1. The molecule has 0 unspecified atom stereocenters. The number of methoxy groups -OCH3 is 1. The number of carbonyl (C=O) groups is 1. The lowest BCUT2D eigenvalue weighted by molar-refractivity contribution is -0.0467. The molecule has 0 N–H and O–H groups in total.